The molecule has 1 aliphatic heterocycles. The monoisotopic (exact) mass is 333 g/mol. The van der Waals surface area contributed by atoms with Gasteiger partial charge in [0, 0.05) is 54.9 Å². The molecule has 3 aromatic rings. The number of amides is 1. The summed E-state index contributed by atoms with van der Waals surface area (Å²) in [6.45, 7) is 1.52. The molecule has 1 aliphatic rings. The summed E-state index contributed by atoms with van der Waals surface area (Å²) in [6, 6.07) is 9.30. The number of likely N-dealkylation sites (tertiary alicyclic amines) is 1. The Morgan fingerprint density at radius 3 is 2.36 bits per heavy atom. The Hall–Kier alpha value is -3.02. The lowest BCUT2D eigenvalue weighted by molar-refractivity contribution is 0.0711. The van der Waals surface area contributed by atoms with Crippen LogP contribution in [0.25, 0.3) is 11.4 Å². The van der Waals surface area contributed by atoms with Crippen LogP contribution in [0.3, 0.4) is 0 Å². The van der Waals surface area contributed by atoms with Crippen LogP contribution in [0, 0.1) is 0 Å². The van der Waals surface area contributed by atoms with Gasteiger partial charge >= 0.3 is 0 Å². The first-order valence-electron chi connectivity index (χ1n) is 8.47. The molecule has 2 aromatic heterocycles. The van der Waals surface area contributed by atoms with Gasteiger partial charge in [0.05, 0.1) is 0 Å². The standard InChI is InChI=1S/C19H19N5O/c25-19(24-12-6-15(7-13-24)18-22-10-11-23-18)16-4-2-14(3-5-16)17-20-8-1-9-21-17/h1-5,8-11,15H,6-7,12-13H2,(H,22,23). The highest BCUT2D eigenvalue weighted by Crippen LogP contribution is 2.26. The fourth-order valence-electron chi connectivity index (χ4n) is 3.25. The minimum atomic E-state index is 0.0819. The van der Waals surface area contributed by atoms with Gasteiger partial charge in [-0.2, -0.15) is 0 Å². The lowest BCUT2D eigenvalue weighted by Crippen LogP contribution is -2.38. The van der Waals surface area contributed by atoms with Gasteiger partial charge in [0.2, 0.25) is 0 Å². The highest BCUT2D eigenvalue weighted by Gasteiger charge is 2.25. The molecule has 0 spiro atoms. The predicted octanol–water partition coefficient (Wildman–Crippen LogP) is 2.89. The van der Waals surface area contributed by atoms with Crippen molar-refractivity contribution in [1.82, 2.24) is 24.8 Å². The number of hydrogen-bond donors (Lipinski definition) is 1. The number of aromatic nitrogens is 4. The van der Waals surface area contributed by atoms with E-state index in [1.165, 1.54) is 0 Å². The van der Waals surface area contributed by atoms with E-state index < -0.39 is 0 Å². The van der Waals surface area contributed by atoms with E-state index in [1.807, 2.05) is 35.4 Å². The highest BCUT2D eigenvalue weighted by atomic mass is 16.2. The third-order valence-electron chi connectivity index (χ3n) is 4.64. The first-order valence-corrected chi connectivity index (χ1v) is 8.47. The summed E-state index contributed by atoms with van der Waals surface area (Å²) in [7, 11) is 0. The fraction of sp³-hybridized carbons (Fsp3) is 0.263. The van der Waals surface area contributed by atoms with Crippen LogP contribution in [0.15, 0.2) is 55.1 Å². The molecule has 6 nitrogen and oxygen atoms in total. The molecule has 1 amide bonds. The van der Waals surface area contributed by atoms with E-state index in [0.29, 0.717) is 17.3 Å². The minimum Gasteiger partial charge on any atom is -0.348 e. The predicted molar refractivity (Wildman–Crippen MR) is 93.9 cm³/mol. The van der Waals surface area contributed by atoms with Crippen molar-refractivity contribution in [3.8, 4) is 11.4 Å². The van der Waals surface area contributed by atoms with Crippen LogP contribution in [-0.2, 0) is 0 Å². The fourth-order valence-corrected chi connectivity index (χ4v) is 3.25. The molecule has 6 heteroatoms. The van der Waals surface area contributed by atoms with Crippen molar-refractivity contribution in [1.29, 1.82) is 0 Å². The van der Waals surface area contributed by atoms with Gasteiger partial charge < -0.3 is 9.88 Å². The number of H-pyrrole nitrogens is 1. The van der Waals surface area contributed by atoms with Crippen molar-refractivity contribution >= 4 is 5.91 Å². The van der Waals surface area contributed by atoms with Gasteiger partial charge in [-0.3, -0.25) is 4.79 Å². The number of nitrogens with one attached hydrogen (secondary N) is 1. The zero-order valence-electron chi connectivity index (χ0n) is 13.8. The van der Waals surface area contributed by atoms with E-state index in [0.717, 1.165) is 37.3 Å². The summed E-state index contributed by atoms with van der Waals surface area (Å²) >= 11 is 0. The van der Waals surface area contributed by atoms with Gasteiger partial charge in [-0.25, -0.2) is 15.0 Å². The average Bonchev–Trinajstić information content (AvgIpc) is 3.23. The summed E-state index contributed by atoms with van der Waals surface area (Å²) in [5, 5.41) is 0. The molecule has 126 valence electrons. The molecular formula is C19H19N5O. The summed E-state index contributed by atoms with van der Waals surface area (Å²) in [5.41, 5.74) is 1.62. The van der Waals surface area contributed by atoms with Crippen molar-refractivity contribution < 1.29 is 4.79 Å². The number of aromatic amines is 1. The summed E-state index contributed by atoms with van der Waals surface area (Å²) in [5.74, 6) is 2.19. The molecule has 0 aliphatic carbocycles. The van der Waals surface area contributed by atoms with Gasteiger partial charge in [-0.15, -0.1) is 0 Å². The molecule has 0 unspecified atom stereocenters. The van der Waals surface area contributed by atoms with Crippen molar-refractivity contribution in [3.63, 3.8) is 0 Å². The number of nitrogens with zero attached hydrogens (tertiary/aromatic N) is 4. The summed E-state index contributed by atoms with van der Waals surface area (Å²) < 4.78 is 0. The molecule has 1 saturated heterocycles. The Morgan fingerprint density at radius 2 is 1.72 bits per heavy atom. The van der Waals surface area contributed by atoms with Crippen LogP contribution in [0.1, 0.15) is 34.9 Å². The van der Waals surface area contributed by atoms with Crippen molar-refractivity contribution in [2.45, 2.75) is 18.8 Å². The lowest BCUT2D eigenvalue weighted by Gasteiger charge is -2.31. The molecule has 1 fully saturated rings. The van der Waals surface area contributed by atoms with Crippen LogP contribution in [0.4, 0.5) is 0 Å². The molecule has 1 aromatic carbocycles. The minimum absolute atomic E-state index is 0.0819. The van der Waals surface area contributed by atoms with Crippen LogP contribution in [-0.4, -0.2) is 43.8 Å². The Balaban J connectivity index is 1.41. The van der Waals surface area contributed by atoms with Crippen LogP contribution in [0.5, 0.6) is 0 Å². The van der Waals surface area contributed by atoms with E-state index in [1.54, 1.807) is 24.7 Å². The number of imidazole rings is 1. The molecular weight excluding hydrogens is 314 g/mol. The van der Waals surface area contributed by atoms with Crippen LogP contribution >= 0.6 is 0 Å². The van der Waals surface area contributed by atoms with Crippen molar-refractivity contribution in [2.24, 2.45) is 0 Å². The lowest BCUT2D eigenvalue weighted by atomic mass is 9.95. The Kier molecular flexibility index (Phi) is 4.24. The molecule has 3 heterocycles. The average molecular weight is 333 g/mol. The second kappa shape index (κ2) is 6.84. The zero-order chi connectivity index (χ0) is 17.1. The van der Waals surface area contributed by atoms with Crippen LogP contribution in [0.2, 0.25) is 0 Å². The maximum Gasteiger partial charge on any atom is 0.253 e. The summed E-state index contributed by atoms with van der Waals surface area (Å²) in [4.78, 5) is 30.6. The molecule has 0 saturated carbocycles. The Labute approximate surface area is 146 Å². The topological polar surface area (TPSA) is 74.8 Å². The summed E-state index contributed by atoms with van der Waals surface area (Å²) in [6.07, 6.45) is 8.94. The first kappa shape index (κ1) is 15.5. The maximum atomic E-state index is 12.7. The second-order valence-electron chi connectivity index (χ2n) is 6.19. The largest absolute Gasteiger partial charge is 0.348 e. The number of carbonyl (C=O) groups excluding carboxylic acids is 1. The van der Waals surface area contributed by atoms with Crippen molar-refractivity contribution in [3.05, 3.63) is 66.5 Å². The number of piperidine rings is 1. The SMILES string of the molecule is O=C(c1ccc(-c2ncccn2)cc1)N1CCC(c2ncc[nH]2)CC1. The molecule has 4 rings (SSSR count). The second-order valence-corrected chi connectivity index (χ2v) is 6.19. The van der Waals surface area contributed by atoms with Crippen molar-refractivity contribution in [2.75, 3.05) is 13.1 Å². The normalized spacial score (nSPS) is 15.3. The zero-order valence-corrected chi connectivity index (χ0v) is 13.8. The maximum absolute atomic E-state index is 12.7. The molecule has 0 bridgehead atoms. The molecule has 25 heavy (non-hydrogen) atoms. The van der Waals surface area contributed by atoms with Crippen LogP contribution < -0.4 is 0 Å². The van der Waals surface area contributed by atoms with Gasteiger partial charge in [0.25, 0.3) is 5.91 Å². The van der Waals surface area contributed by atoms with Gasteiger partial charge in [0.1, 0.15) is 5.82 Å². The van der Waals surface area contributed by atoms with Gasteiger partial charge in [0.15, 0.2) is 5.82 Å². The van der Waals surface area contributed by atoms with E-state index in [2.05, 4.69) is 19.9 Å². The third-order valence-corrected chi connectivity index (χ3v) is 4.64. The van der Waals surface area contributed by atoms with E-state index in [4.69, 9.17) is 0 Å². The number of carbonyl (C=O) groups is 1. The third kappa shape index (κ3) is 3.28. The van der Waals surface area contributed by atoms with Gasteiger partial charge in [-0.1, -0.05) is 12.1 Å². The molecule has 0 radical (unpaired) electrons. The first-order chi connectivity index (χ1) is 12.3. The molecule has 0 atom stereocenters. The number of benzene rings is 1. The van der Waals surface area contributed by atoms with E-state index in [-0.39, 0.29) is 5.91 Å². The van der Waals surface area contributed by atoms with Gasteiger partial charge in [-0.05, 0) is 31.0 Å². The number of rotatable bonds is 3. The smallest absolute Gasteiger partial charge is 0.253 e. The van der Waals surface area contributed by atoms with E-state index >= 15 is 0 Å². The van der Waals surface area contributed by atoms with E-state index in [9.17, 15) is 4.79 Å². The highest BCUT2D eigenvalue weighted by molar-refractivity contribution is 5.94. The molecule has 1 N–H and O–H groups in total. The quantitative estimate of drug-likeness (QED) is 0.800. The Bertz CT molecular complexity index is 822. The Morgan fingerprint density at radius 1 is 1.00 bits per heavy atom. The number of hydrogen-bond acceptors (Lipinski definition) is 4.